The van der Waals surface area contributed by atoms with E-state index >= 15 is 0 Å². The molecule has 0 atom stereocenters. The molecule has 0 spiro atoms. The number of hydrogen-bond donors (Lipinski definition) is 0. The molecule has 0 fully saturated rings. The summed E-state index contributed by atoms with van der Waals surface area (Å²) in [6.45, 7) is 12.0. The molecule has 1 aromatic carbocycles. The Morgan fingerprint density at radius 2 is 1.80 bits per heavy atom. The van der Waals surface area contributed by atoms with Gasteiger partial charge in [-0.2, -0.15) is 5.10 Å². The van der Waals surface area contributed by atoms with Crippen LogP contribution in [0.2, 0.25) is 0 Å². The van der Waals surface area contributed by atoms with Crippen LogP contribution in [0.1, 0.15) is 50.8 Å². The number of nitrogens with zero attached hydrogens (tertiary/aromatic N) is 3. The van der Waals surface area contributed by atoms with Gasteiger partial charge in [0.1, 0.15) is 0 Å². The minimum atomic E-state index is -0.383. The highest BCUT2D eigenvalue weighted by molar-refractivity contribution is 5.92. The number of benzene rings is 1. The first-order chi connectivity index (χ1) is 12.2. The molecule has 0 unspecified atom stereocenters. The lowest BCUT2D eigenvalue weighted by molar-refractivity contribution is 0.0516. The zero-order valence-corrected chi connectivity index (χ0v) is 15.9. The lowest BCUT2D eigenvalue weighted by Gasteiger charge is -2.09. The summed E-state index contributed by atoms with van der Waals surface area (Å²) in [4.78, 5) is 16.3. The van der Waals surface area contributed by atoms with E-state index in [1.54, 1.807) is 30.1 Å². The molecule has 0 saturated carbocycles. The van der Waals surface area contributed by atoms with Gasteiger partial charge in [-0.3, -0.25) is 4.98 Å². The molecule has 5 heteroatoms. The second-order valence-corrected chi connectivity index (χ2v) is 4.68. The monoisotopic (exact) mass is 341 g/mol. The van der Waals surface area contributed by atoms with Crippen LogP contribution < -0.4 is 0 Å². The lowest BCUT2D eigenvalue weighted by atomic mass is 10.1. The minimum absolute atomic E-state index is 0.330. The molecule has 134 valence electrons. The molecule has 0 bridgehead atoms. The summed E-state index contributed by atoms with van der Waals surface area (Å²) in [5, 5.41) is 6.40. The van der Waals surface area contributed by atoms with Crippen molar-refractivity contribution in [1.29, 1.82) is 0 Å². The first-order valence-electron chi connectivity index (χ1n) is 8.77. The van der Waals surface area contributed by atoms with Crippen LogP contribution in [0.5, 0.6) is 0 Å². The second kappa shape index (κ2) is 10.2. The molecule has 0 aliphatic carbocycles. The van der Waals surface area contributed by atoms with E-state index in [4.69, 9.17) is 4.74 Å². The van der Waals surface area contributed by atoms with Gasteiger partial charge in [0.2, 0.25) is 0 Å². The van der Waals surface area contributed by atoms with Crippen LogP contribution in [0.3, 0.4) is 0 Å². The van der Waals surface area contributed by atoms with Gasteiger partial charge in [0.15, 0.2) is 5.69 Å². The van der Waals surface area contributed by atoms with Gasteiger partial charge in [0.25, 0.3) is 0 Å². The average Bonchev–Trinajstić information content (AvgIpc) is 3.06. The first-order valence-corrected chi connectivity index (χ1v) is 8.77. The molecular formula is C20H27N3O2. The number of aromatic nitrogens is 3. The van der Waals surface area contributed by atoms with Crippen molar-refractivity contribution in [3.63, 3.8) is 0 Å². The van der Waals surface area contributed by atoms with Crippen LogP contribution in [-0.2, 0) is 4.74 Å². The molecule has 25 heavy (non-hydrogen) atoms. The predicted octanol–water partition coefficient (Wildman–Crippen LogP) is 4.96. The van der Waals surface area contributed by atoms with Crippen molar-refractivity contribution in [3.05, 3.63) is 54.1 Å². The highest BCUT2D eigenvalue weighted by Gasteiger charge is 2.17. The van der Waals surface area contributed by atoms with Crippen LogP contribution in [-0.4, -0.2) is 27.3 Å². The van der Waals surface area contributed by atoms with E-state index in [-0.39, 0.29) is 5.97 Å². The van der Waals surface area contributed by atoms with Crippen molar-refractivity contribution < 1.29 is 9.53 Å². The van der Waals surface area contributed by atoms with Crippen LogP contribution in [0.25, 0.3) is 16.5 Å². The third-order valence-electron chi connectivity index (χ3n) is 3.19. The van der Waals surface area contributed by atoms with Gasteiger partial charge < -0.3 is 4.74 Å². The summed E-state index contributed by atoms with van der Waals surface area (Å²) in [5.74, 6) is -0.383. The highest BCUT2D eigenvalue weighted by Crippen LogP contribution is 2.22. The van der Waals surface area contributed by atoms with Crippen molar-refractivity contribution in [3.8, 4) is 5.69 Å². The number of carbonyl (C=O) groups excluding carboxylic acids is 1. The van der Waals surface area contributed by atoms with E-state index in [2.05, 4.69) is 10.1 Å². The van der Waals surface area contributed by atoms with Gasteiger partial charge in [-0.15, -0.1) is 0 Å². The van der Waals surface area contributed by atoms with Crippen LogP contribution in [0, 0.1) is 6.92 Å². The number of aryl methyl sites for hydroxylation is 1. The van der Waals surface area contributed by atoms with E-state index in [1.165, 1.54) is 0 Å². The molecule has 0 aliphatic rings. The average molecular weight is 341 g/mol. The smallest absolute Gasteiger partial charge is 0.357 e. The number of hydrogen-bond acceptors (Lipinski definition) is 4. The van der Waals surface area contributed by atoms with Gasteiger partial charge in [0.05, 0.1) is 24.2 Å². The largest absolute Gasteiger partial charge is 0.461 e. The summed E-state index contributed by atoms with van der Waals surface area (Å²) in [6.07, 6.45) is 3.50. The Balaban J connectivity index is 0.000000730. The number of pyridine rings is 1. The molecule has 0 saturated heterocycles. The van der Waals surface area contributed by atoms with Crippen LogP contribution in [0.4, 0.5) is 0 Å². The molecule has 0 radical (unpaired) electrons. The summed E-state index contributed by atoms with van der Waals surface area (Å²) < 4.78 is 6.70. The quantitative estimate of drug-likeness (QED) is 0.632. The van der Waals surface area contributed by atoms with Gasteiger partial charge in [-0.05, 0) is 19.9 Å². The normalized spacial score (nSPS) is 9.52. The molecule has 3 aromatic rings. The standard InChI is InChI=1S/C16H15N3O2.2C2H6/c1-3-21-16(20)14-8-11(2)18-19(14)15-10-17-9-12-6-4-5-7-13(12)15;2*1-2/h4-10H,3H2,1-2H3;2*1-2H3. The van der Waals surface area contributed by atoms with Crippen molar-refractivity contribution in [2.24, 2.45) is 0 Å². The SMILES string of the molecule is CC.CC.CCOC(=O)c1cc(C)nn1-c1cncc2ccccc12. The second-order valence-electron chi connectivity index (χ2n) is 4.68. The Labute approximate surface area is 149 Å². The van der Waals surface area contributed by atoms with Gasteiger partial charge in [-0.25, -0.2) is 9.48 Å². The van der Waals surface area contributed by atoms with E-state index in [1.807, 2.05) is 58.9 Å². The number of ether oxygens (including phenoxy) is 1. The Morgan fingerprint density at radius 1 is 1.12 bits per heavy atom. The number of esters is 1. The third kappa shape index (κ3) is 4.66. The summed E-state index contributed by atoms with van der Waals surface area (Å²) in [5.41, 5.74) is 1.93. The maximum absolute atomic E-state index is 12.1. The predicted molar refractivity (Wildman–Crippen MR) is 102 cm³/mol. The fourth-order valence-electron chi connectivity index (χ4n) is 2.30. The number of rotatable bonds is 3. The molecule has 3 rings (SSSR count). The van der Waals surface area contributed by atoms with Gasteiger partial charge in [0, 0.05) is 17.0 Å². The summed E-state index contributed by atoms with van der Waals surface area (Å²) in [7, 11) is 0. The fourth-order valence-corrected chi connectivity index (χ4v) is 2.30. The Bertz CT molecular complexity index is 804. The summed E-state index contributed by atoms with van der Waals surface area (Å²) in [6, 6.07) is 9.59. The molecule has 0 aliphatic heterocycles. The lowest BCUT2D eigenvalue weighted by Crippen LogP contribution is -2.12. The zero-order valence-electron chi connectivity index (χ0n) is 15.9. The van der Waals surface area contributed by atoms with E-state index < -0.39 is 0 Å². The fraction of sp³-hybridized carbons (Fsp3) is 0.350. The van der Waals surface area contributed by atoms with E-state index in [9.17, 15) is 4.79 Å². The Morgan fingerprint density at radius 3 is 2.48 bits per heavy atom. The van der Waals surface area contributed by atoms with E-state index in [0.717, 1.165) is 22.2 Å². The Kier molecular flexibility index (Phi) is 8.33. The van der Waals surface area contributed by atoms with Crippen molar-refractivity contribution >= 4 is 16.7 Å². The van der Waals surface area contributed by atoms with Crippen molar-refractivity contribution in [2.45, 2.75) is 41.5 Å². The molecule has 2 aromatic heterocycles. The van der Waals surface area contributed by atoms with Crippen LogP contribution >= 0.6 is 0 Å². The van der Waals surface area contributed by atoms with Crippen molar-refractivity contribution in [2.75, 3.05) is 6.61 Å². The minimum Gasteiger partial charge on any atom is -0.461 e. The summed E-state index contributed by atoms with van der Waals surface area (Å²) >= 11 is 0. The van der Waals surface area contributed by atoms with Crippen molar-refractivity contribution in [1.82, 2.24) is 14.8 Å². The van der Waals surface area contributed by atoms with Gasteiger partial charge in [-0.1, -0.05) is 52.0 Å². The topological polar surface area (TPSA) is 57.0 Å². The molecule has 5 nitrogen and oxygen atoms in total. The Hall–Kier alpha value is -2.69. The number of fused-ring (bicyclic) bond motifs is 1. The first kappa shape index (κ1) is 20.4. The third-order valence-corrected chi connectivity index (χ3v) is 3.19. The van der Waals surface area contributed by atoms with E-state index in [0.29, 0.717) is 12.3 Å². The van der Waals surface area contributed by atoms with Gasteiger partial charge >= 0.3 is 5.97 Å². The maximum Gasteiger partial charge on any atom is 0.357 e. The van der Waals surface area contributed by atoms with Crippen LogP contribution in [0.15, 0.2) is 42.7 Å². The highest BCUT2D eigenvalue weighted by atomic mass is 16.5. The molecule has 2 heterocycles. The number of carbonyl (C=O) groups is 1. The zero-order chi connectivity index (χ0) is 18.8. The molecule has 0 N–H and O–H groups in total. The molecule has 0 amide bonds. The maximum atomic E-state index is 12.1. The molecular weight excluding hydrogens is 314 g/mol.